The monoisotopic (exact) mass is 232 g/mol. The summed E-state index contributed by atoms with van der Waals surface area (Å²) in [6.45, 7) is 1.70. The lowest BCUT2D eigenvalue weighted by molar-refractivity contribution is 0.241. The van der Waals surface area contributed by atoms with Crippen LogP contribution in [0.4, 0.5) is 8.78 Å². The number of alkyl halides is 2. The molecule has 0 saturated heterocycles. The van der Waals surface area contributed by atoms with E-state index in [1.807, 2.05) is 0 Å². The zero-order chi connectivity index (χ0) is 12.4. The van der Waals surface area contributed by atoms with Gasteiger partial charge in [-0.05, 0) is 25.7 Å². The molecule has 0 heterocycles. The van der Waals surface area contributed by atoms with Crippen LogP contribution >= 0.6 is 0 Å². The molecule has 4 nitrogen and oxygen atoms in total. The number of hydrogen-bond donors (Lipinski definition) is 0. The topological polar surface area (TPSA) is 58.9 Å². The molecule has 2 atom stereocenters. The Morgan fingerprint density at radius 3 is 2.12 bits per heavy atom. The Balaban J connectivity index is 4.05. The second-order valence-electron chi connectivity index (χ2n) is 3.31. The number of halogens is 2. The van der Waals surface area contributed by atoms with Crippen molar-refractivity contribution < 1.29 is 18.4 Å². The van der Waals surface area contributed by atoms with Gasteiger partial charge in [-0.15, -0.1) is 0 Å². The maximum absolute atomic E-state index is 13.3. The molecule has 0 aliphatic carbocycles. The van der Waals surface area contributed by atoms with Gasteiger partial charge in [-0.2, -0.15) is 9.98 Å². The lowest BCUT2D eigenvalue weighted by Crippen LogP contribution is -2.18. The molecule has 0 aromatic carbocycles. The van der Waals surface area contributed by atoms with Crippen molar-refractivity contribution in [1.82, 2.24) is 0 Å². The summed E-state index contributed by atoms with van der Waals surface area (Å²) in [5, 5.41) is 0. The van der Waals surface area contributed by atoms with E-state index in [9.17, 15) is 18.4 Å². The summed E-state index contributed by atoms with van der Waals surface area (Å²) in [6, 6.07) is 0. The third-order valence-corrected chi connectivity index (χ3v) is 2.13. The van der Waals surface area contributed by atoms with Gasteiger partial charge in [0.05, 0.1) is 6.17 Å². The molecule has 0 aliphatic heterocycles. The van der Waals surface area contributed by atoms with Gasteiger partial charge in [0, 0.05) is 0 Å². The van der Waals surface area contributed by atoms with Gasteiger partial charge in [-0.25, -0.2) is 18.4 Å². The van der Waals surface area contributed by atoms with Crippen LogP contribution in [0.25, 0.3) is 0 Å². The molecule has 2 unspecified atom stereocenters. The molecule has 0 bridgehead atoms. The Kier molecular flexibility index (Phi) is 8.12. The largest absolute Gasteiger partial charge is 0.248 e. The van der Waals surface area contributed by atoms with E-state index in [0.717, 1.165) is 12.2 Å². The Hall–Kier alpha value is -1.38. The van der Waals surface area contributed by atoms with Crippen molar-refractivity contribution in [3.63, 3.8) is 0 Å². The van der Waals surface area contributed by atoms with Crippen LogP contribution in [0.3, 0.4) is 0 Å². The summed E-state index contributed by atoms with van der Waals surface area (Å²) in [7, 11) is 0. The first-order valence-electron chi connectivity index (χ1n) is 5.07. The average molecular weight is 232 g/mol. The Morgan fingerprint density at radius 2 is 1.69 bits per heavy atom. The molecule has 0 aliphatic rings. The van der Waals surface area contributed by atoms with Crippen LogP contribution in [0.5, 0.6) is 0 Å². The van der Waals surface area contributed by atoms with Gasteiger partial charge in [-0.3, -0.25) is 0 Å². The van der Waals surface area contributed by atoms with Crippen LogP contribution in [0.15, 0.2) is 9.98 Å². The minimum atomic E-state index is -1.58. The van der Waals surface area contributed by atoms with Gasteiger partial charge >= 0.3 is 0 Å². The maximum atomic E-state index is 13.3. The summed E-state index contributed by atoms with van der Waals surface area (Å²) in [5.74, 6) is 0. The van der Waals surface area contributed by atoms with E-state index in [1.165, 1.54) is 0 Å². The van der Waals surface area contributed by atoms with E-state index in [-0.39, 0.29) is 12.8 Å². The smallest absolute Gasteiger partial charge is 0.237 e. The number of aliphatic imine (C=N–C) groups is 2. The first kappa shape index (κ1) is 14.6. The van der Waals surface area contributed by atoms with Crippen LogP contribution < -0.4 is 0 Å². The van der Waals surface area contributed by atoms with Crippen LogP contribution in [0, 0.1) is 0 Å². The van der Waals surface area contributed by atoms with Crippen molar-refractivity contribution in [1.29, 1.82) is 0 Å². The molecule has 0 radical (unpaired) electrons. The Labute approximate surface area is 92.5 Å². The predicted molar refractivity (Wildman–Crippen MR) is 54.0 cm³/mol. The average Bonchev–Trinajstić information content (AvgIpc) is 2.28. The zero-order valence-electron chi connectivity index (χ0n) is 9.03. The third-order valence-electron chi connectivity index (χ3n) is 2.13. The third kappa shape index (κ3) is 6.17. The highest BCUT2D eigenvalue weighted by molar-refractivity contribution is 5.37. The van der Waals surface area contributed by atoms with Crippen LogP contribution in [-0.2, 0) is 9.59 Å². The van der Waals surface area contributed by atoms with Gasteiger partial charge in [-0.1, -0.05) is 6.92 Å². The van der Waals surface area contributed by atoms with E-state index in [2.05, 4.69) is 9.98 Å². The predicted octanol–water partition coefficient (Wildman–Crippen LogP) is 2.24. The van der Waals surface area contributed by atoms with Crippen molar-refractivity contribution in [2.75, 3.05) is 0 Å². The van der Waals surface area contributed by atoms with Crippen molar-refractivity contribution in [3.8, 4) is 0 Å². The minimum absolute atomic E-state index is 0.00144. The van der Waals surface area contributed by atoms with Crippen molar-refractivity contribution >= 4 is 12.2 Å². The molecule has 0 rings (SSSR count). The maximum Gasteiger partial charge on any atom is 0.237 e. The van der Waals surface area contributed by atoms with E-state index in [1.54, 1.807) is 6.92 Å². The fourth-order valence-corrected chi connectivity index (χ4v) is 1.19. The molecule has 0 saturated carbocycles. The summed E-state index contributed by atoms with van der Waals surface area (Å²) in [4.78, 5) is 25.9. The van der Waals surface area contributed by atoms with Crippen LogP contribution in [0.2, 0.25) is 0 Å². The number of nitrogens with zero attached hydrogens (tertiary/aromatic N) is 2. The molecule has 0 N–H and O–H groups in total. The Bertz CT molecular complexity index is 269. The standard InChI is InChI=1S/C10H14F2N2O2/c1-2-8(11)4-3-5-9(12)10(13-6-15)14-7-16/h8-10H,2-5H2,1H3. The van der Waals surface area contributed by atoms with Gasteiger partial charge in [0.2, 0.25) is 12.2 Å². The second kappa shape index (κ2) is 8.89. The molecule has 16 heavy (non-hydrogen) atoms. The number of hydrogen-bond acceptors (Lipinski definition) is 4. The fourth-order valence-electron chi connectivity index (χ4n) is 1.19. The summed E-state index contributed by atoms with van der Waals surface area (Å²) < 4.78 is 26.1. The molecular weight excluding hydrogens is 218 g/mol. The molecule has 0 amide bonds. The quantitative estimate of drug-likeness (QED) is 0.476. The highest BCUT2D eigenvalue weighted by atomic mass is 19.1. The van der Waals surface area contributed by atoms with E-state index < -0.39 is 18.5 Å². The zero-order valence-corrected chi connectivity index (χ0v) is 9.03. The van der Waals surface area contributed by atoms with Gasteiger partial charge in [0.15, 0.2) is 6.17 Å². The molecule has 6 heteroatoms. The first-order chi connectivity index (χ1) is 7.65. The number of rotatable bonds is 8. The van der Waals surface area contributed by atoms with Crippen molar-refractivity contribution in [2.45, 2.75) is 51.1 Å². The van der Waals surface area contributed by atoms with E-state index in [0.29, 0.717) is 12.8 Å². The molecule has 90 valence electrons. The first-order valence-corrected chi connectivity index (χ1v) is 5.07. The molecule has 0 aromatic heterocycles. The normalized spacial score (nSPS) is 15.4. The van der Waals surface area contributed by atoms with Crippen molar-refractivity contribution in [3.05, 3.63) is 0 Å². The molecule has 0 aromatic rings. The fraction of sp³-hybridized carbons (Fsp3) is 0.800. The SMILES string of the molecule is CCC(F)CCCC(F)C(N=C=O)N=C=O. The number of carbonyl (C=O) groups excluding carboxylic acids is 2. The molecule has 0 fully saturated rings. The van der Waals surface area contributed by atoms with Gasteiger partial charge < -0.3 is 0 Å². The highest BCUT2D eigenvalue weighted by Gasteiger charge is 2.19. The lowest BCUT2D eigenvalue weighted by atomic mass is 10.1. The summed E-state index contributed by atoms with van der Waals surface area (Å²) >= 11 is 0. The second-order valence-corrected chi connectivity index (χ2v) is 3.31. The molecular formula is C10H14F2N2O2. The summed E-state index contributed by atoms with van der Waals surface area (Å²) in [5.41, 5.74) is 0. The lowest BCUT2D eigenvalue weighted by Gasteiger charge is -2.10. The number of isocyanates is 2. The molecule has 0 spiro atoms. The van der Waals surface area contributed by atoms with Crippen LogP contribution in [0.1, 0.15) is 32.6 Å². The van der Waals surface area contributed by atoms with E-state index in [4.69, 9.17) is 0 Å². The van der Waals surface area contributed by atoms with Crippen molar-refractivity contribution in [2.24, 2.45) is 9.98 Å². The minimum Gasteiger partial charge on any atom is -0.248 e. The van der Waals surface area contributed by atoms with Gasteiger partial charge in [0.1, 0.15) is 6.17 Å². The van der Waals surface area contributed by atoms with E-state index >= 15 is 0 Å². The van der Waals surface area contributed by atoms with Crippen LogP contribution in [-0.4, -0.2) is 30.7 Å². The summed E-state index contributed by atoms with van der Waals surface area (Å²) in [6.07, 6.45) is -0.702. The highest BCUT2D eigenvalue weighted by Crippen LogP contribution is 2.15. The van der Waals surface area contributed by atoms with Gasteiger partial charge in [0.25, 0.3) is 0 Å². The Morgan fingerprint density at radius 1 is 1.12 bits per heavy atom.